The molecule has 0 atom stereocenters. The molecule has 1 aromatic heterocycles. The van der Waals surface area contributed by atoms with Gasteiger partial charge in [0.2, 0.25) is 0 Å². The van der Waals surface area contributed by atoms with Crippen LogP contribution in [0.4, 0.5) is 23.2 Å². The van der Waals surface area contributed by atoms with Gasteiger partial charge in [-0.15, -0.1) is 0 Å². The van der Waals surface area contributed by atoms with E-state index in [0.29, 0.717) is 6.07 Å². The lowest BCUT2D eigenvalue weighted by Gasteiger charge is -2.11. The van der Waals surface area contributed by atoms with E-state index >= 15 is 0 Å². The molecule has 160 valence electrons. The topological polar surface area (TPSA) is 80.3 Å². The van der Waals surface area contributed by atoms with Crippen LogP contribution < -0.4 is 15.4 Å². The SMILES string of the molecule is CNC(=O)c1cc(Oc2ccc(NC(=O)c3cccc(C(F)(F)F)c3)c(F)c2)ccn1. The van der Waals surface area contributed by atoms with Crippen LogP contribution in [0.5, 0.6) is 11.5 Å². The molecule has 2 aromatic carbocycles. The first-order valence-corrected chi connectivity index (χ1v) is 8.81. The monoisotopic (exact) mass is 433 g/mol. The molecule has 0 aliphatic rings. The average Bonchev–Trinajstić information content (AvgIpc) is 2.74. The van der Waals surface area contributed by atoms with Gasteiger partial charge in [-0.1, -0.05) is 6.07 Å². The van der Waals surface area contributed by atoms with Crippen LogP contribution in [0.15, 0.2) is 60.8 Å². The van der Waals surface area contributed by atoms with Crippen molar-refractivity contribution >= 4 is 17.5 Å². The number of carbonyl (C=O) groups excluding carboxylic acids is 2. The second-order valence-electron chi connectivity index (χ2n) is 6.23. The van der Waals surface area contributed by atoms with Gasteiger partial charge in [0.1, 0.15) is 23.0 Å². The minimum Gasteiger partial charge on any atom is -0.457 e. The molecule has 0 spiro atoms. The summed E-state index contributed by atoms with van der Waals surface area (Å²) in [4.78, 5) is 27.7. The highest BCUT2D eigenvalue weighted by Crippen LogP contribution is 2.30. The molecule has 0 saturated carbocycles. The van der Waals surface area contributed by atoms with Gasteiger partial charge in [0.15, 0.2) is 0 Å². The maximum atomic E-state index is 14.4. The molecule has 2 amide bonds. The van der Waals surface area contributed by atoms with Crippen molar-refractivity contribution in [3.63, 3.8) is 0 Å². The number of alkyl halides is 3. The van der Waals surface area contributed by atoms with Crippen molar-refractivity contribution in [2.75, 3.05) is 12.4 Å². The molecule has 31 heavy (non-hydrogen) atoms. The summed E-state index contributed by atoms with van der Waals surface area (Å²) in [6.45, 7) is 0. The molecule has 2 N–H and O–H groups in total. The number of hydrogen-bond donors (Lipinski definition) is 2. The average molecular weight is 433 g/mol. The van der Waals surface area contributed by atoms with Crippen LogP contribution in [0, 0.1) is 5.82 Å². The zero-order valence-corrected chi connectivity index (χ0v) is 16.0. The Morgan fingerprint density at radius 3 is 2.39 bits per heavy atom. The number of pyridine rings is 1. The van der Waals surface area contributed by atoms with Gasteiger partial charge in [0, 0.05) is 30.9 Å². The maximum absolute atomic E-state index is 14.4. The van der Waals surface area contributed by atoms with E-state index in [2.05, 4.69) is 15.6 Å². The van der Waals surface area contributed by atoms with E-state index in [4.69, 9.17) is 4.74 Å². The van der Waals surface area contributed by atoms with Crippen molar-refractivity contribution in [2.24, 2.45) is 0 Å². The Morgan fingerprint density at radius 1 is 0.968 bits per heavy atom. The first-order chi connectivity index (χ1) is 14.7. The molecule has 0 saturated heterocycles. The first kappa shape index (κ1) is 21.8. The lowest BCUT2D eigenvalue weighted by Crippen LogP contribution is -2.18. The summed E-state index contributed by atoms with van der Waals surface area (Å²) < 4.78 is 58.3. The number of halogens is 4. The first-order valence-electron chi connectivity index (χ1n) is 8.81. The van der Waals surface area contributed by atoms with E-state index in [-0.39, 0.29) is 28.4 Å². The summed E-state index contributed by atoms with van der Waals surface area (Å²) in [7, 11) is 1.44. The third-order valence-corrected chi connectivity index (χ3v) is 4.07. The van der Waals surface area contributed by atoms with Crippen molar-refractivity contribution in [3.8, 4) is 11.5 Å². The molecule has 1 heterocycles. The fraction of sp³-hybridized carbons (Fsp3) is 0.0952. The molecule has 3 aromatic rings. The Labute approximate surface area is 173 Å². The highest BCUT2D eigenvalue weighted by Gasteiger charge is 2.31. The van der Waals surface area contributed by atoms with E-state index in [1.807, 2.05) is 0 Å². The van der Waals surface area contributed by atoms with Crippen LogP contribution >= 0.6 is 0 Å². The number of benzene rings is 2. The normalized spacial score (nSPS) is 11.0. The van der Waals surface area contributed by atoms with Crippen molar-refractivity contribution in [1.29, 1.82) is 0 Å². The number of nitrogens with zero attached hydrogens (tertiary/aromatic N) is 1. The second-order valence-corrected chi connectivity index (χ2v) is 6.23. The Morgan fingerprint density at radius 2 is 1.71 bits per heavy atom. The van der Waals surface area contributed by atoms with Crippen LogP contribution in [0.2, 0.25) is 0 Å². The third kappa shape index (κ3) is 5.35. The van der Waals surface area contributed by atoms with Gasteiger partial charge in [-0.05, 0) is 36.4 Å². The number of anilines is 1. The van der Waals surface area contributed by atoms with Gasteiger partial charge >= 0.3 is 6.18 Å². The predicted octanol–water partition coefficient (Wildman–Crippen LogP) is 4.64. The lowest BCUT2D eigenvalue weighted by molar-refractivity contribution is -0.137. The molecular weight excluding hydrogens is 418 g/mol. The largest absolute Gasteiger partial charge is 0.457 e. The Kier molecular flexibility index (Phi) is 6.19. The van der Waals surface area contributed by atoms with E-state index < -0.39 is 29.4 Å². The van der Waals surface area contributed by atoms with Gasteiger partial charge in [0.25, 0.3) is 11.8 Å². The standard InChI is InChI=1S/C21H15F4N3O3/c1-26-20(30)18-11-15(7-8-27-18)31-14-5-6-17(16(22)10-14)28-19(29)12-3-2-4-13(9-12)21(23,24)25/h2-11H,1H3,(H,26,30)(H,28,29). The summed E-state index contributed by atoms with van der Waals surface area (Å²) in [5.41, 5.74) is -1.40. The van der Waals surface area contributed by atoms with Crippen molar-refractivity contribution in [3.05, 3.63) is 83.4 Å². The highest BCUT2D eigenvalue weighted by atomic mass is 19.4. The molecule has 6 nitrogen and oxygen atoms in total. The second kappa shape index (κ2) is 8.82. The van der Waals surface area contributed by atoms with E-state index in [9.17, 15) is 27.2 Å². The van der Waals surface area contributed by atoms with E-state index in [0.717, 1.165) is 18.2 Å². The molecule has 10 heteroatoms. The molecule has 3 rings (SSSR count). The summed E-state index contributed by atoms with van der Waals surface area (Å²) in [6.07, 6.45) is -3.26. The van der Waals surface area contributed by atoms with Gasteiger partial charge < -0.3 is 15.4 Å². The van der Waals surface area contributed by atoms with Gasteiger partial charge in [-0.25, -0.2) is 4.39 Å². The van der Waals surface area contributed by atoms with Crippen molar-refractivity contribution in [1.82, 2.24) is 10.3 Å². The minimum absolute atomic E-state index is 0.0728. The predicted molar refractivity (Wildman–Crippen MR) is 103 cm³/mol. The number of amides is 2. The summed E-state index contributed by atoms with van der Waals surface area (Å²) in [6, 6.07) is 10.2. The molecule has 0 unspecified atom stereocenters. The van der Waals surface area contributed by atoms with Crippen LogP contribution in [0.25, 0.3) is 0 Å². The zero-order valence-electron chi connectivity index (χ0n) is 16.0. The van der Waals surface area contributed by atoms with Crippen LogP contribution in [0.3, 0.4) is 0 Å². The Hall–Kier alpha value is -3.95. The van der Waals surface area contributed by atoms with E-state index in [1.165, 1.54) is 43.6 Å². The minimum atomic E-state index is -4.61. The Bertz CT molecular complexity index is 1130. The summed E-state index contributed by atoms with van der Waals surface area (Å²) >= 11 is 0. The number of carbonyl (C=O) groups is 2. The molecule has 0 fully saturated rings. The zero-order chi connectivity index (χ0) is 22.6. The van der Waals surface area contributed by atoms with Gasteiger partial charge in [-0.2, -0.15) is 13.2 Å². The molecule has 0 radical (unpaired) electrons. The maximum Gasteiger partial charge on any atom is 0.416 e. The molecule has 0 bridgehead atoms. The number of ether oxygens (including phenoxy) is 1. The van der Waals surface area contributed by atoms with E-state index in [1.54, 1.807) is 0 Å². The van der Waals surface area contributed by atoms with Gasteiger partial charge in [0.05, 0.1) is 11.3 Å². The molecule has 0 aliphatic heterocycles. The molecular formula is C21H15F4N3O3. The lowest BCUT2D eigenvalue weighted by atomic mass is 10.1. The van der Waals surface area contributed by atoms with Crippen molar-refractivity contribution in [2.45, 2.75) is 6.18 Å². The fourth-order valence-electron chi connectivity index (χ4n) is 2.55. The summed E-state index contributed by atoms with van der Waals surface area (Å²) in [5.74, 6) is -1.89. The highest BCUT2D eigenvalue weighted by molar-refractivity contribution is 6.04. The summed E-state index contributed by atoms with van der Waals surface area (Å²) in [5, 5.41) is 4.64. The fourth-order valence-corrected chi connectivity index (χ4v) is 2.55. The third-order valence-electron chi connectivity index (χ3n) is 4.07. The Balaban J connectivity index is 1.74. The quantitative estimate of drug-likeness (QED) is 0.575. The van der Waals surface area contributed by atoms with Crippen LogP contribution in [-0.4, -0.2) is 23.8 Å². The van der Waals surface area contributed by atoms with Crippen LogP contribution in [0.1, 0.15) is 26.4 Å². The van der Waals surface area contributed by atoms with Gasteiger partial charge in [-0.3, -0.25) is 14.6 Å². The number of hydrogen-bond acceptors (Lipinski definition) is 4. The smallest absolute Gasteiger partial charge is 0.416 e. The van der Waals surface area contributed by atoms with Crippen molar-refractivity contribution < 1.29 is 31.9 Å². The van der Waals surface area contributed by atoms with Crippen LogP contribution in [-0.2, 0) is 6.18 Å². The number of rotatable bonds is 5. The number of nitrogens with one attached hydrogen (secondary N) is 2. The molecule has 0 aliphatic carbocycles. The number of aromatic nitrogens is 1.